The van der Waals surface area contributed by atoms with Gasteiger partial charge < -0.3 is 0 Å². The van der Waals surface area contributed by atoms with Crippen LogP contribution >= 0.6 is 0 Å². The molecule has 5 nitrogen and oxygen atoms in total. The Morgan fingerprint density at radius 3 is 1.60 bits per heavy atom. The van der Waals surface area contributed by atoms with E-state index < -0.39 is 0 Å². The molecule has 0 atom stereocenters. The molecule has 0 aliphatic heterocycles. The van der Waals surface area contributed by atoms with Crippen molar-refractivity contribution in [2.45, 2.75) is 19.3 Å². The SMILES string of the molecule is CN(CCC#N)N(CCC#N)CCC#N. The van der Waals surface area contributed by atoms with Gasteiger partial charge in [-0.3, -0.25) is 0 Å². The normalized spacial score (nSPS) is 9.60. The molecule has 0 saturated heterocycles. The molecule has 0 aromatic rings. The van der Waals surface area contributed by atoms with Crippen LogP contribution in [0.5, 0.6) is 0 Å². The van der Waals surface area contributed by atoms with Crippen molar-refractivity contribution in [3.8, 4) is 18.2 Å². The lowest BCUT2D eigenvalue weighted by molar-refractivity contribution is 0.00535. The van der Waals surface area contributed by atoms with Crippen molar-refractivity contribution in [2.24, 2.45) is 0 Å². The van der Waals surface area contributed by atoms with Crippen LogP contribution in [0.2, 0.25) is 0 Å². The first kappa shape index (κ1) is 13.4. The van der Waals surface area contributed by atoms with Crippen molar-refractivity contribution in [3.63, 3.8) is 0 Å². The average Bonchev–Trinajstić information content (AvgIpc) is 2.26. The smallest absolute Gasteiger partial charge is 0.0635 e. The molecule has 0 unspecified atom stereocenters. The second-order valence-electron chi connectivity index (χ2n) is 3.06. The second kappa shape index (κ2) is 8.97. The van der Waals surface area contributed by atoms with Crippen molar-refractivity contribution in [1.29, 1.82) is 15.8 Å². The largest absolute Gasteiger partial charge is 0.244 e. The summed E-state index contributed by atoms with van der Waals surface area (Å²) in [6.07, 6.45) is 1.32. The van der Waals surface area contributed by atoms with Crippen LogP contribution in [0.15, 0.2) is 0 Å². The number of hydrogen-bond acceptors (Lipinski definition) is 5. The van der Waals surface area contributed by atoms with E-state index in [4.69, 9.17) is 15.8 Å². The summed E-state index contributed by atoms with van der Waals surface area (Å²) >= 11 is 0. The molecule has 0 amide bonds. The first-order valence-electron chi connectivity index (χ1n) is 4.83. The molecule has 0 fully saturated rings. The summed E-state index contributed by atoms with van der Waals surface area (Å²) in [6.45, 7) is 1.85. The molecule has 0 aliphatic carbocycles. The Labute approximate surface area is 90.7 Å². The van der Waals surface area contributed by atoms with E-state index >= 15 is 0 Å². The fraction of sp³-hybridized carbons (Fsp3) is 0.700. The Morgan fingerprint density at radius 1 is 0.800 bits per heavy atom. The molecule has 0 N–H and O–H groups in total. The highest BCUT2D eigenvalue weighted by Crippen LogP contribution is 1.99. The van der Waals surface area contributed by atoms with Gasteiger partial charge in [0.1, 0.15) is 0 Å². The summed E-state index contributed by atoms with van der Waals surface area (Å²) in [5, 5.41) is 29.3. The van der Waals surface area contributed by atoms with Gasteiger partial charge >= 0.3 is 0 Å². The molecule has 0 aromatic carbocycles. The molecule has 15 heavy (non-hydrogen) atoms. The fourth-order valence-corrected chi connectivity index (χ4v) is 1.16. The Kier molecular flexibility index (Phi) is 8.00. The van der Waals surface area contributed by atoms with Gasteiger partial charge in [-0.25, -0.2) is 10.0 Å². The minimum atomic E-state index is 0.433. The first-order valence-corrected chi connectivity index (χ1v) is 4.83. The van der Waals surface area contributed by atoms with Crippen LogP contribution in [0.1, 0.15) is 19.3 Å². The zero-order chi connectivity index (χ0) is 11.5. The predicted molar refractivity (Wildman–Crippen MR) is 54.9 cm³/mol. The van der Waals surface area contributed by atoms with Crippen LogP contribution < -0.4 is 0 Å². The third-order valence-electron chi connectivity index (χ3n) is 1.99. The lowest BCUT2D eigenvalue weighted by atomic mass is 10.4. The molecule has 0 bridgehead atoms. The van der Waals surface area contributed by atoms with Crippen LogP contribution in [0.25, 0.3) is 0 Å². The molecule has 5 heteroatoms. The number of nitriles is 3. The zero-order valence-electron chi connectivity index (χ0n) is 8.98. The standard InChI is InChI=1S/C10H15N5/c1-14(8-2-5-11)15(9-3-6-12)10-4-7-13/h2-4,8-10H2,1H3. The van der Waals surface area contributed by atoms with E-state index in [1.54, 1.807) is 0 Å². The third-order valence-corrected chi connectivity index (χ3v) is 1.99. The van der Waals surface area contributed by atoms with Gasteiger partial charge in [0, 0.05) is 45.9 Å². The predicted octanol–water partition coefficient (Wildman–Crippen LogP) is 0.876. The maximum atomic E-state index is 8.49. The molecule has 0 heterocycles. The topological polar surface area (TPSA) is 77.8 Å². The highest BCUT2D eigenvalue weighted by atomic mass is 15.6. The van der Waals surface area contributed by atoms with Gasteiger partial charge in [-0.1, -0.05) is 0 Å². The quantitative estimate of drug-likeness (QED) is 0.576. The van der Waals surface area contributed by atoms with Crippen LogP contribution in [-0.4, -0.2) is 36.7 Å². The van der Waals surface area contributed by atoms with Crippen LogP contribution in [0.4, 0.5) is 0 Å². The van der Waals surface area contributed by atoms with Gasteiger partial charge in [0.15, 0.2) is 0 Å². The van der Waals surface area contributed by atoms with Gasteiger partial charge in [-0.2, -0.15) is 15.8 Å². The fourth-order valence-electron chi connectivity index (χ4n) is 1.16. The Hall–Kier alpha value is -1.61. The summed E-state index contributed by atoms with van der Waals surface area (Å²) < 4.78 is 0. The summed E-state index contributed by atoms with van der Waals surface area (Å²) in [7, 11) is 1.87. The molecule has 80 valence electrons. The van der Waals surface area contributed by atoms with Gasteiger partial charge in [0.05, 0.1) is 18.2 Å². The van der Waals surface area contributed by atoms with Gasteiger partial charge in [0.2, 0.25) is 0 Å². The van der Waals surface area contributed by atoms with E-state index in [0.29, 0.717) is 38.9 Å². The molecule has 0 rings (SSSR count). The van der Waals surface area contributed by atoms with E-state index in [-0.39, 0.29) is 0 Å². The van der Waals surface area contributed by atoms with Crippen molar-refractivity contribution in [1.82, 2.24) is 10.0 Å². The molecular weight excluding hydrogens is 190 g/mol. The van der Waals surface area contributed by atoms with E-state index in [2.05, 4.69) is 18.2 Å². The second-order valence-corrected chi connectivity index (χ2v) is 3.06. The monoisotopic (exact) mass is 205 g/mol. The Morgan fingerprint density at radius 2 is 1.20 bits per heavy atom. The van der Waals surface area contributed by atoms with Gasteiger partial charge in [0.25, 0.3) is 0 Å². The van der Waals surface area contributed by atoms with Crippen LogP contribution in [-0.2, 0) is 0 Å². The van der Waals surface area contributed by atoms with Crippen molar-refractivity contribution in [3.05, 3.63) is 0 Å². The van der Waals surface area contributed by atoms with E-state index in [9.17, 15) is 0 Å². The first-order chi connectivity index (χ1) is 7.26. The Bertz CT molecular complexity index is 262. The van der Waals surface area contributed by atoms with Crippen molar-refractivity contribution >= 4 is 0 Å². The highest BCUT2D eigenvalue weighted by Gasteiger charge is 2.09. The zero-order valence-corrected chi connectivity index (χ0v) is 8.98. The van der Waals surface area contributed by atoms with Crippen molar-refractivity contribution in [2.75, 3.05) is 26.7 Å². The number of rotatable bonds is 7. The maximum absolute atomic E-state index is 8.49. The minimum absolute atomic E-state index is 0.433. The van der Waals surface area contributed by atoms with Crippen molar-refractivity contribution < 1.29 is 0 Å². The molecule has 0 saturated carbocycles. The molecule has 0 aliphatic rings. The molecule has 0 radical (unpaired) electrons. The number of nitrogens with zero attached hydrogens (tertiary/aromatic N) is 5. The summed E-state index contributed by atoms with van der Waals surface area (Å²) in [5.74, 6) is 0. The number of hydrazine groups is 1. The highest BCUT2D eigenvalue weighted by molar-refractivity contribution is 4.76. The Balaban J connectivity index is 4.04. The summed E-state index contributed by atoms with van der Waals surface area (Å²) in [4.78, 5) is 0. The lowest BCUT2D eigenvalue weighted by Crippen LogP contribution is -2.41. The molecule has 0 spiro atoms. The van der Waals surface area contributed by atoms with Gasteiger partial charge in [-0.05, 0) is 0 Å². The summed E-state index contributed by atoms with van der Waals surface area (Å²) in [6, 6.07) is 6.21. The van der Waals surface area contributed by atoms with E-state index in [0.717, 1.165) is 0 Å². The number of hydrogen-bond donors (Lipinski definition) is 0. The lowest BCUT2D eigenvalue weighted by Gasteiger charge is -2.30. The van der Waals surface area contributed by atoms with Crippen LogP contribution in [0, 0.1) is 34.0 Å². The van der Waals surface area contributed by atoms with E-state index in [1.165, 1.54) is 0 Å². The molecule has 0 aromatic heterocycles. The minimum Gasteiger partial charge on any atom is -0.244 e. The van der Waals surface area contributed by atoms with Crippen LogP contribution in [0.3, 0.4) is 0 Å². The van der Waals surface area contributed by atoms with Gasteiger partial charge in [-0.15, -0.1) is 0 Å². The average molecular weight is 205 g/mol. The third kappa shape index (κ3) is 6.46. The summed E-state index contributed by atoms with van der Waals surface area (Å²) in [5.41, 5.74) is 0. The maximum Gasteiger partial charge on any atom is 0.0635 e. The van der Waals surface area contributed by atoms with E-state index in [1.807, 2.05) is 17.1 Å². The molecular formula is C10H15N5.